The third kappa shape index (κ3) is 3.09. The molecule has 21 heavy (non-hydrogen) atoms. The van der Waals surface area contributed by atoms with Crippen LogP contribution in [-0.2, 0) is 16.1 Å². The van der Waals surface area contributed by atoms with Gasteiger partial charge < -0.3 is 10.2 Å². The smallest absolute Gasteiger partial charge is 0.245 e. The zero-order valence-corrected chi connectivity index (χ0v) is 13.2. The van der Waals surface area contributed by atoms with Crippen molar-refractivity contribution in [2.24, 2.45) is 0 Å². The summed E-state index contributed by atoms with van der Waals surface area (Å²) in [4.78, 5) is 25.6. The van der Waals surface area contributed by atoms with Crippen LogP contribution in [0.5, 0.6) is 0 Å². The molecule has 2 amide bonds. The Morgan fingerprint density at radius 2 is 1.95 bits per heavy atom. The van der Waals surface area contributed by atoms with Crippen LogP contribution in [0.4, 0.5) is 0 Å². The van der Waals surface area contributed by atoms with Gasteiger partial charge in [0.25, 0.3) is 0 Å². The normalized spacial score (nSPS) is 22.8. The van der Waals surface area contributed by atoms with Crippen molar-refractivity contribution in [3.05, 3.63) is 18.0 Å². The molecule has 1 aromatic rings. The lowest BCUT2D eigenvalue weighted by atomic mass is 10.1. The van der Waals surface area contributed by atoms with E-state index in [1.54, 1.807) is 18.7 Å². The molecule has 0 saturated carbocycles. The van der Waals surface area contributed by atoms with Crippen LogP contribution in [0.25, 0.3) is 0 Å². The fourth-order valence-electron chi connectivity index (χ4n) is 2.69. The molecule has 6 heteroatoms. The van der Waals surface area contributed by atoms with Crippen molar-refractivity contribution in [2.75, 3.05) is 0 Å². The maximum Gasteiger partial charge on any atom is 0.245 e. The monoisotopic (exact) mass is 292 g/mol. The van der Waals surface area contributed by atoms with E-state index in [-0.39, 0.29) is 11.8 Å². The second-order valence-corrected chi connectivity index (χ2v) is 5.63. The number of rotatable bonds is 5. The van der Waals surface area contributed by atoms with Gasteiger partial charge in [-0.1, -0.05) is 13.8 Å². The summed E-state index contributed by atoms with van der Waals surface area (Å²) in [6.45, 7) is 8.11. The first kappa shape index (κ1) is 15.5. The van der Waals surface area contributed by atoms with Gasteiger partial charge in [-0.25, -0.2) is 0 Å². The van der Waals surface area contributed by atoms with Crippen LogP contribution in [0.2, 0.25) is 0 Å². The number of nitrogens with zero attached hydrogens (tertiary/aromatic N) is 3. The van der Waals surface area contributed by atoms with E-state index in [2.05, 4.69) is 24.3 Å². The van der Waals surface area contributed by atoms with E-state index in [0.29, 0.717) is 12.6 Å². The standard InChI is InChI=1S/C15H24N4O2/c1-5-13(6-2)19-8-7-12(17-19)9-18-11(4)14(20)16-10(3)15(18)21/h7-8,10-11,13H,5-6,9H2,1-4H3,(H,16,20). The summed E-state index contributed by atoms with van der Waals surface area (Å²) in [6.07, 6.45) is 4.00. The van der Waals surface area contributed by atoms with Gasteiger partial charge in [0.15, 0.2) is 0 Å². The Bertz CT molecular complexity index is 521. The number of carbonyl (C=O) groups is 2. The van der Waals surface area contributed by atoms with Gasteiger partial charge in [-0.05, 0) is 32.8 Å². The summed E-state index contributed by atoms with van der Waals surface area (Å²) < 4.78 is 1.96. The third-order valence-corrected chi connectivity index (χ3v) is 4.17. The molecule has 1 saturated heterocycles. The molecule has 0 spiro atoms. The number of aromatic nitrogens is 2. The molecule has 0 aromatic carbocycles. The first-order chi connectivity index (χ1) is 9.97. The molecule has 0 radical (unpaired) electrons. The van der Waals surface area contributed by atoms with Crippen molar-refractivity contribution in [3.8, 4) is 0 Å². The highest BCUT2D eigenvalue weighted by atomic mass is 16.2. The van der Waals surface area contributed by atoms with Gasteiger partial charge in [0.1, 0.15) is 12.1 Å². The minimum atomic E-state index is -0.463. The molecule has 0 aliphatic carbocycles. The molecule has 1 aliphatic rings. The van der Waals surface area contributed by atoms with E-state index >= 15 is 0 Å². The molecular weight excluding hydrogens is 268 g/mol. The Balaban J connectivity index is 2.13. The van der Waals surface area contributed by atoms with E-state index in [9.17, 15) is 9.59 Å². The third-order valence-electron chi connectivity index (χ3n) is 4.17. The highest BCUT2D eigenvalue weighted by molar-refractivity contribution is 5.96. The lowest BCUT2D eigenvalue weighted by molar-refractivity contribution is -0.148. The number of hydrogen-bond acceptors (Lipinski definition) is 3. The van der Waals surface area contributed by atoms with Crippen molar-refractivity contribution in [3.63, 3.8) is 0 Å². The molecule has 2 unspecified atom stereocenters. The van der Waals surface area contributed by atoms with E-state index in [1.165, 1.54) is 0 Å². The zero-order valence-electron chi connectivity index (χ0n) is 13.2. The van der Waals surface area contributed by atoms with Crippen molar-refractivity contribution in [1.29, 1.82) is 0 Å². The fourth-order valence-corrected chi connectivity index (χ4v) is 2.69. The fraction of sp³-hybridized carbons (Fsp3) is 0.667. The van der Waals surface area contributed by atoms with E-state index in [4.69, 9.17) is 0 Å². The van der Waals surface area contributed by atoms with Crippen LogP contribution < -0.4 is 5.32 Å². The molecule has 1 aromatic heterocycles. The Kier molecular flexibility index (Phi) is 4.65. The quantitative estimate of drug-likeness (QED) is 0.894. The Hall–Kier alpha value is -1.85. The second kappa shape index (κ2) is 6.28. The molecule has 6 nitrogen and oxygen atoms in total. The summed E-state index contributed by atoms with van der Waals surface area (Å²) in [5, 5.41) is 7.24. The highest BCUT2D eigenvalue weighted by Gasteiger charge is 2.35. The SMILES string of the molecule is CCC(CC)n1ccc(CN2C(=O)C(C)NC(=O)C2C)n1. The summed E-state index contributed by atoms with van der Waals surface area (Å²) >= 11 is 0. The molecule has 2 rings (SSSR count). The van der Waals surface area contributed by atoms with Gasteiger partial charge in [0.05, 0.1) is 18.3 Å². The maximum absolute atomic E-state index is 12.2. The number of piperazine rings is 1. The summed E-state index contributed by atoms with van der Waals surface area (Å²) in [7, 11) is 0. The minimum Gasteiger partial charge on any atom is -0.343 e. The summed E-state index contributed by atoms with van der Waals surface area (Å²) in [5.41, 5.74) is 0.823. The molecule has 1 aliphatic heterocycles. The molecule has 0 bridgehead atoms. The van der Waals surface area contributed by atoms with Crippen molar-refractivity contribution < 1.29 is 9.59 Å². The van der Waals surface area contributed by atoms with E-state index < -0.39 is 12.1 Å². The zero-order chi connectivity index (χ0) is 15.6. The summed E-state index contributed by atoms with van der Waals surface area (Å²) in [5.74, 6) is -0.166. The van der Waals surface area contributed by atoms with Crippen LogP contribution in [0.15, 0.2) is 12.3 Å². The Labute approximate surface area is 125 Å². The predicted molar refractivity (Wildman–Crippen MR) is 79.5 cm³/mol. The number of amides is 2. The predicted octanol–water partition coefficient (Wildman–Crippen LogP) is 1.48. The van der Waals surface area contributed by atoms with Crippen molar-refractivity contribution in [2.45, 2.75) is 65.2 Å². The van der Waals surface area contributed by atoms with Crippen molar-refractivity contribution >= 4 is 11.8 Å². The Morgan fingerprint density at radius 1 is 1.29 bits per heavy atom. The van der Waals surface area contributed by atoms with Gasteiger partial charge in [0.2, 0.25) is 11.8 Å². The lowest BCUT2D eigenvalue weighted by Crippen LogP contribution is -2.60. The number of hydrogen-bond donors (Lipinski definition) is 1. The average molecular weight is 292 g/mol. The van der Waals surface area contributed by atoms with Gasteiger partial charge in [0, 0.05) is 6.20 Å². The van der Waals surface area contributed by atoms with E-state index in [1.807, 2.05) is 16.9 Å². The largest absolute Gasteiger partial charge is 0.343 e. The molecule has 1 fully saturated rings. The van der Waals surface area contributed by atoms with Crippen LogP contribution in [0.3, 0.4) is 0 Å². The first-order valence-corrected chi connectivity index (χ1v) is 7.62. The number of nitrogens with one attached hydrogen (secondary N) is 1. The van der Waals surface area contributed by atoms with Crippen LogP contribution >= 0.6 is 0 Å². The Morgan fingerprint density at radius 3 is 2.57 bits per heavy atom. The molecule has 2 atom stereocenters. The van der Waals surface area contributed by atoms with E-state index in [0.717, 1.165) is 18.5 Å². The molecule has 116 valence electrons. The highest BCUT2D eigenvalue weighted by Crippen LogP contribution is 2.17. The van der Waals surface area contributed by atoms with Gasteiger partial charge in [-0.3, -0.25) is 14.3 Å². The lowest BCUT2D eigenvalue weighted by Gasteiger charge is -2.35. The van der Waals surface area contributed by atoms with Gasteiger partial charge in [-0.15, -0.1) is 0 Å². The van der Waals surface area contributed by atoms with Crippen LogP contribution in [0, 0.1) is 0 Å². The van der Waals surface area contributed by atoms with Crippen LogP contribution in [0.1, 0.15) is 52.3 Å². The minimum absolute atomic E-state index is 0.0563. The summed E-state index contributed by atoms with van der Waals surface area (Å²) in [6, 6.07) is 1.40. The van der Waals surface area contributed by atoms with Gasteiger partial charge in [-0.2, -0.15) is 5.10 Å². The number of carbonyl (C=O) groups excluding carboxylic acids is 2. The topological polar surface area (TPSA) is 67.2 Å². The van der Waals surface area contributed by atoms with Gasteiger partial charge >= 0.3 is 0 Å². The van der Waals surface area contributed by atoms with Crippen molar-refractivity contribution in [1.82, 2.24) is 20.0 Å². The second-order valence-electron chi connectivity index (χ2n) is 5.63. The molecular formula is C15H24N4O2. The maximum atomic E-state index is 12.2. The first-order valence-electron chi connectivity index (χ1n) is 7.62. The average Bonchev–Trinajstić information content (AvgIpc) is 2.91. The van der Waals surface area contributed by atoms with Crippen LogP contribution in [-0.4, -0.2) is 38.6 Å². The molecule has 2 heterocycles. The molecule has 1 N–H and O–H groups in total.